The molecule has 9 aromatic carbocycles. The van der Waals surface area contributed by atoms with E-state index in [2.05, 4.69) is 235 Å². The van der Waals surface area contributed by atoms with Crippen molar-refractivity contribution in [3.63, 3.8) is 0 Å². The Bertz CT molecular complexity index is 3230. The number of hydrogen-bond donors (Lipinski definition) is 0. The molecule has 280 valence electrons. The maximum Gasteiger partial charge on any atom is 0.0547 e. The van der Waals surface area contributed by atoms with Crippen LogP contribution in [0.25, 0.3) is 82.4 Å². The molecular formula is C57H42N2. The SMILES string of the molecule is CC1C=CC(n2c3ccc(-c4ccc(N(c5ccc(-c6cccc(-c7ccccc7)c6)cc5)c5cccc6ccccc56)cc4)cc3c3c4ccccc4ccc32)=CC1. The second kappa shape index (κ2) is 14.5. The molecule has 1 aliphatic rings. The molecule has 10 aromatic rings. The molecular weight excluding hydrogens is 713 g/mol. The number of allylic oxidation sites excluding steroid dienone is 4. The zero-order chi connectivity index (χ0) is 39.3. The summed E-state index contributed by atoms with van der Waals surface area (Å²) in [7, 11) is 0. The lowest BCUT2D eigenvalue weighted by molar-refractivity contribution is 0.735. The van der Waals surface area contributed by atoms with Gasteiger partial charge in [-0.15, -0.1) is 0 Å². The van der Waals surface area contributed by atoms with E-state index in [1.54, 1.807) is 0 Å². The normalized spacial score (nSPS) is 14.0. The van der Waals surface area contributed by atoms with Crippen molar-refractivity contribution in [2.24, 2.45) is 5.92 Å². The van der Waals surface area contributed by atoms with Crippen LogP contribution in [-0.4, -0.2) is 4.57 Å². The van der Waals surface area contributed by atoms with E-state index in [1.807, 2.05) is 0 Å². The van der Waals surface area contributed by atoms with E-state index in [4.69, 9.17) is 0 Å². The fraction of sp³-hybridized carbons (Fsp3) is 0.0526. The van der Waals surface area contributed by atoms with Gasteiger partial charge in [-0.25, -0.2) is 0 Å². The number of aromatic nitrogens is 1. The van der Waals surface area contributed by atoms with Crippen molar-refractivity contribution >= 4 is 66.1 Å². The van der Waals surface area contributed by atoms with Gasteiger partial charge >= 0.3 is 0 Å². The van der Waals surface area contributed by atoms with Gasteiger partial charge in [0.1, 0.15) is 0 Å². The minimum Gasteiger partial charge on any atom is -0.310 e. The third kappa shape index (κ3) is 6.22. The molecule has 1 aliphatic carbocycles. The molecule has 0 saturated carbocycles. The summed E-state index contributed by atoms with van der Waals surface area (Å²) in [6.45, 7) is 2.28. The standard InChI is InChI=1S/C57H42N2/c1-39-21-29-50(30-22-39)59-55-35-28-47(38-53(55)57-52-19-8-6-14-44(52)27-36-56(57)59)42-25-33-49(34-26-42)58(54-20-10-15-43-13-5-7-18-51(43)54)48-31-23-41(24-32-48)46-17-9-16-45(37-46)40-11-3-2-4-12-40/h2-21,23-39H,22H2,1H3. The van der Waals surface area contributed by atoms with Crippen LogP contribution in [-0.2, 0) is 0 Å². The van der Waals surface area contributed by atoms with E-state index in [0.29, 0.717) is 5.92 Å². The van der Waals surface area contributed by atoms with Gasteiger partial charge in [0.05, 0.1) is 16.7 Å². The van der Waals surface area contributed by atoms with Gasteiger partial charge in [-0.1, -0.05) is 165 Å². The largest absolute Gasteiger partial charge is 0.310 e. The second-order valence-electron chi connectivity index (χ2n) is 15.8. The average molecular weight is 755 g/mol. The highest BCUT2D eigenvalue weighted by Crippen LogP contribution is 2.42. The molecule has 59 heavy (non-hydrogen) atoms. The van der Waals surface area contributed by atoms with Crippen molar-refractivity contribution in [3.05, 3.63) is 218 Å². The van der Waals surface area contributed by atoms with Crippen LogP contribution < -0.4 is 4.90 Å². The summed E-state index contributed by atoms with van der Waals surface area (Å²) in [5.74, 6) is 0.557. The van der Waals surface area contributed by atoms with Gasteiger partial charge in [-0.05, 0) is 123 Å². The Morgan fingerprint density at radius 3 is 1.68 bits per heavy atom. The molecule has 0 radical (unpaired) electrons. The summed E-state index contributed by atoms with van der Waals surface area (Å²) in [5.41, 5.74) is 14.3. The highest BCUT2D eigenvalue weighted by molar-refractivity contribution is 6.22. The first-order valence-corrected chi connectivity index (χ1v) is 20.7. The van der Waals surface area contributed by atoms with Crippen LogP contribution in [0, 0.1) is 5.92 Å². The van der Waals surface area contributed by atoms with Crippen LogP contribution in [0.1, 0.15) is 13.3 Å². The van der Waals surface area contributed by atoms with Crippen molar-refractivity contribution in [3.8, 4) is 33.4 Å². The van der Waals surface area contributed by atoms with E-state index in [0.717, 1.165) is 23.5 Å². The smallest absolute Gasteiger partial charge is 0.0547 e. The van der Waals surface area contributed by atoms with Crippen LogP contribution in [0.5, 0.6) is 0 Å². The number of benzene rings is 9. The first-order chi connectivity index (χ1) is 29.2. The Morgan fingerprint density at radius 1 is 0.441 bits per heavy atom. The highest BCUT2D eigenvalue weighted by atomic mass is 15.1. The predicted molar refractivity (Wildman–Crippen MR) is 253 cm³/mol. The van der Waals surface area contributed by atoms with E-state index in [9.17, 15) is 0 Å². The molecule has 1 atom stereocenters. The molecule has 11 rings (SSSR count). The number of anilines is 3. The minimum absolute atomic E-state index is 0.557. The van der Waals surface area contributed by atoms with Crippen molar-refractivity contribution < 1.29 is 0 Å². The Hall–Kier alpha value is -7.42. The lowest BCUT2D eigenvalue weighted by Gasteiger charge is -2.27. The van der Waals surface area contributed by atoms with Crippen LogP contribution in [0.3, 0.4) is 0 Å². The Morgan fingerprint density at radius 2 is 0.983 bits per heavy atom. The van der Waals surface area contributed by atoms with E-state index in [1.165, 1.54) is 82.4 Å². The second-order valence-corrected chi connectivity index (χ2v) is 15.8. The zero-order valence-electron chi connectivity index (χ0n) is 33.0. The molecule has 0 N–H and O–H groups in total. The topological polar surface area (TPSA) is 8.17 Å². The van der Waals surface area contributed by atoms with Gasteiger partial charge in [0.25, 0.3) is 0 Å². The van der Waals surface area contributed by atoms with Gasteiger partial charge in [0.15, 0.2) is 0 Å². The molecule has 1 unspecified atom stereocenters. The van der Waals surface area contributed by atoms with E-state index in [-0.39, 0.29) is 0 Å². The summed E-state index contributed by atoms with van der Waals surface area (Å²) < 4.78 is 2.46. The van der Waals surface area contributed by atoms with Crippen molar-refractivity contribution in [1.82, 2.24) is 4.57 Å². The van der Waals surface area contributed by atoms with Crippen LogP contribution in [0.15, 0.2) is 218 Å². The van der Waals surface area contributed by atoms with Crippen LogP contribution in [0.4, 0.5) is 17.1 Å². The van der Waals surface area contributed by atoms with Gasteiger partial charge in [-0.2, -0.15) is 0 Å². The van der Waals surface area contributed by atoms with Crippen LogP contribution in [0.2, 0.25) is 0 Å². The van der Waals surface area contributed by atoms with Gasteiger partial charge in [0.2, 0.25) is 0 Å². The van der Waals surface area contributed by atoms with Crippen molar-refractivity contribution in [1.29, 1.82) is 0 Å². The third-order valence-corrected chi connectivity index (χ3v) is 12.1. The minimum atomic E-state index is 0.557. The molecule has 0 aliphatic heterocycles. The molecule has 0 saturated heterocycles. The van der Waals surface area contributed by atoms with Crippen LogP contribution >= 0.6 is 0 Å². The van der Waals surface area contributed by atoms with E-state index >= 15 is 0 Å². The Labute approximate surface area is 345 Å². The molecule has 0 fully saturated rings. The Balaban J connectivity index is 1.00. The van der Waals surface area contributed by atoms with Gasteiger partial charge < -0.3 is 9.47 Å². The van der Waals surface area contributed by atoms with Gasteiger partial charge in [-0.3, -0.25) is 0 Å². The summed E-state index contributed by atoms with van der Waals surface area (Å²) in [6.07, 6.45) is 8.08. The average Bonchev–Trinajstić information content (AvgIpc) is 3.64. The molecule has 0 bridgehead atoms. The molecule has 2 heteroatoms. The lowest BCUT2D eigenvalue weighted by atomic mass is 9.98. The zero-order valence-corrected chi connectivity index (χ0v) is 33.0. The number of hydrogen-bond acceptors (Lipinski definition) is 1. The maximum atomic E-state index is 2.46. The van der Waals surface area contributed by atoms with Crippen molar-refractivity contribution in [2.75, 3.05) is 4.90 Å². The van der Waals surface area contributed by atoms with Crippen molar-refractivity contribution in [2.45, 2.75) is 13.3 Å². The fourth-order valence-corrected chi connectivity index (χ4v) is 9.08. The third-order valence-electron chi connectivity index (χ3n) is 12.1. The molecule has 0 spiro atoms. The lowest BCUT2D eigenvalue weighted by Crippen LogP contribution is -2.10. The summed E-state index contributed by atoms with van der Waals surface area (Å²) in [4.78, 5) is 2.39. The number of fused-ring (bicyclic) bond motifs is 6. The summed E-state index contributed by atoms with van der Waals surface area (Å²) in [6, 6.07) is 73.2. The quantitative estimate of drug-likeness (QED) is 0.157. The number of rotatable bonds is 7. The molecule has 1 aromatic heterocycles. The summed E-state index contributed by atoms with van der Waals surface area (Å²) >= 11 is 0. The number of nitrogens with zero attached hydrogens (tertiary/aromatic N) is 2. The Kier molecular flexibility index (Phi) is 8.56. The molecule has 2 nitrogen and oxygen atoms in total. The highest BCUT2D eigenvalue weighted by Gasteiger charge is 2.19. The molecule has 1 heterocycles. The van der Waals surface area contributed by atoms with Gasteiger partial charge in [0, 0.05) is 33.2 Å². The fourth-order valence-electron chi connectivity index (χ4n) is 9.08. The predicted octanol–water partition coefficient (Wildman–Crippen LogP) is 16.0. The maximum absolute atomic E-state index is 2.46. The summed E-state index contributed by atoms with van der Waals surface area (Å²) in [5, 5.41) is 7.56. The monoisotopic (exact) mass is 754 g/mol. The molecule has 0 amide bonds. The van der Waals surface area contributed by atoms with E-state index < -0.39 is 0 Å². The first-order valence-electron chi connectivity index (χ1n) is 20.7. The first kappa shape index (κ1) is 34.8.